The number of carbonyl (C=O) groups is 2. The fourth-order valence-corrected chi connectivity index (χ4v) is 3.11. The summed E-state index contributed by atoms with van der Waals surface area (Å²) in [7, 11) is 0. The number of hydrogen-bond donors (Lipinski definition) is 2. The van der Waals surface area contributed by atoms with Gasteiger partial charge in [0.2, 0.25) is 0 Å². The number of hydrogen-bond acceptors (Lipinski definition) is 7. The van der Waals surface area contributed by atoms with Crippen LogP contribution in [-0.4, -0.2) is 38.2 Å². The molecule has 0 spiro atoms. The van der Waals surface area contributed by atoms with Gasteiger partial charge in [0.05, 0.1) is 27.7 Å². The molecule has 0 unspecified atom stereocenters. The third kappa shape index (κ3) is 2.45. The maximum atomic E-state index is 12.8. The maximum absolute atomic E-state index is 12.8. The molecule has 0 saturated carbocycles. The van der Waals surface area contributed by atoms with Crippen molar-refractivity contribution in [1.29, 1.82) is 0 Å². The summed E-state index contributed by atoms with van der Waals surface area (Å²) in [4.78, 5) is 36.2. The van der Waals surface area contributed by atoms with Crippen LogP contribution in [0.15, 0.2) is 53.6 Å². The lowest BCUT2D eigenvalue weighted by Crippen LogP contribution is -2.36. The highest BCUT2D eigenvalue weighted by molar-refractivity contribution is 6.26. The van der Waals surface area contributed by atoms with Crippen molar-refractivity contribution in [2.75, 3.05) is 0 Å². The number of aromatic hydroxyl groups is 2. The largest absolute Gasteiger partial charge is 0.504 e. The Morgan fingerprint density at radius 3 is 2.36 bits per heavy atom. The molecule has 0 aliphatic carbocycles. The predicted molar refractivity (Wildman–Crippen MR) is 98.5 cm³/mol. The Bertz CT molecular complexity index is 1200. The highest BCUT2D eigenvalue weighted by Gasteiger charge is 2.34. The molecule has 0 bridgehead atoms. The van der Waals surface area contributed by atoms with E-state index in [0.29, 0.717) is 5.01 Å². The first-order chi connectivity index (χ1) is 13.4. The second-order valence-electron chi connectivity index (χ2n) is 6.00. The molecule has 3 aromatic rings. The number of phenolic OH excluding ortho intramolecular Hbond substituents is 2. The van der Waals surface area contributed by atoms with Crippen LogP contribution in [-0.2, 0) is 0 Å². The minimum absolute atomic E-state index is 0.105. The van der Waals surface area contributed by atoms with Gasteiger partial charge < -0.3 is 10.2 Å². The lowest BCUT2D eigenvalue weighted by Gasteiger charge is -2.23. The van der Waals surface area contributed by atoms with Crippen LogP contribution in [0.5, 0.6) is 11.5 Å². The Kier molecular flexibility index (Phi) is 3.78. The van der Waals surface area contributed by atoms with E-state index in [4.69, 9.17) is 0 Å². The van der Waals surface area contributed by atoms with E-state index >= 15 is 0 Å². The minimum atomic E-state index is -0.750. The fourth-order valence-electron chi connectivity index (χ4n) is 3.11. The molecule has 0 atom stereocenters. The number of imide groups is 1. The molecule has 9 heteroatoms. The molecule has 2 N–H and O–H groups in total. The van der Waals surface area contributed by atoms with Crippen molar-refractivity contribution >= 4 is 34.5 Å². The molecule has 138 valence electrons. The molecule has 9 nitrogen and oxygen atoms in total. The number of nitro benzene ring substituents is 1. The van der Waals surface area contributed by atoms with E-state index in [9.17, 15) is 29.9 Å². The number of benzene rings is 3. The van der Waals surface area contributed by atoms with Crippen molar-refractivity contribution < 1.29 is 24.7 Å². The number of nitrogens with zero attached hydrogens (tertiary/aromatic N) is 3. The van der Waals surface area contributed by atoms with Crippen LogP contribution in [0.2, 0.25) is 0 Å². The molecular weight excluding hydrogens is 366 g/mol. The summed E-state index contributed by atoms with van der Waals surface area (Å²) in [5.41, 5.74) is 0.109. The average Bonchev–Trinajstić information content (AvgIpc) is 2.68. The third-order valence-corrected chi connectivity index (χ3v) is 4.42. The molecule has 1 aliphatic heterocycles. The summed E-state index contributed by atoms with van der Waals surface area (Å²) in [5, 5.41) is 35.5. The number of para-hydroxylation sites is 1. The Hall–Kier alpha value is -4.27. The molecule has 3 aromatic carbocycles. The van der Waals surface area contributed by atoms with E-state index in [0.717, 1.165) is 6.21 Å². The van der Waals surface area contributed by atoms with Gasteiger partial charge in [0.25, 0.3) is 17.5 Å². The van der Waals surface area contributed by atoms with E-state index in [2.05, 4.69) is 5.10 Å². The summed E-state index contributed by atoms with van der Waals surface area (Å²) < 4.78 is 0. The van der Waals surface area contributed by atoms with Crippen molar-refractivity contribution in [3.8, 4) is 11.5 Å². The highest BCUT2D eigenvalue weighted by atomic mass is 16.6. The van der Waals surface area contributed by atoms with Crippen molar-refractivity contribution in [1.82, 2.24) is 5.01 Å². The SMILES string of the molecule is O=C1c2cccc3c([N+](=O)[O-])ccc(c23)C(=O)N1/N=C/c1cccc(O)c1O. The van der Waals surface area contributed by atoms with Gasteiger partial charge in [-0.3, -0.25) is 19.7 Å². The van der Waals surface area contributed by atoms with Gasteiger partial charge in [-0.15, -0.1) is 0 Å². The van der Waals surface area contributed by atoms with E-state index in [1.54, 1.807) is 0 Å². The third-order valence-electron chi connectivity index (χ3n) is 4.42. The number of phenols is 2. The average molecular weight is 377 g/mol. The molecule has 1 heterocycles. The molecule has 1 aliphatic rings. The Morgan fingerprint density at radius 2 is 1.64 bits per heavy atom. The van der Waals surface area contributed by atoms with Crippen LogP contribution < -0.4 is 0 Å². The van der Waals surface area contributed by atoms with E-state index in [-0.39, 0.29) is 38.9 Å². The van der Waals surface area contributed by atoms with Crippen molar-refractivity contribution in [2.24, 2.45) is 5.10 Å². The second kappa shape index (κ2) is 6.16. The van der Waals surface area contributed by atoms with E-state index < -0.39 is 22.5 Å². The van der Waals surface area contributed by atoms with Gasteiger partial charge in [-0.25, -0.2) is 0 Å². The molecular formula is C19H11N3O6. The summed E-state index contributed by atoms with van der Waals surface area (Å²) in [6.45, 7) is 0. The Labute approximate surface area is 156 Å². The van der Waals surface area contributed by atoms with E-state index in [1.807, 2.05) is 0 Å². The van der Waals surface area contributed by atoms with Gasteiger partial charge >= 0.3 is 0 Å². The van der Waals surface area contributed by atoms with Crippen LogP contribution in [0.4, 0.5) is 5.69 Å². The van der Waals surface area contributed by atoms with Crippen LogP contribution in [0.25, 0.3) is 10.8 Å². The van der Waals surface area contributed by atoms with Crippen LogP contribution >= 0.6 is 0 Å². The lowest BCUT2D eigenvalue weighted by atomic mass is 9.94. The molecule has 0 saturated heterocycles. The molecule has 0 fully saturated rings. The molecule has 4 rings (SSSR count). The van der Waals surface area contributed by atoms with Gasteiger partial charge in [0, 0.05) is 17.0 Å². The minimum Gasteiger partial charge on any atom is -0.504 e. The molecule has 0 radical (unpaired) electrons. The van der Waals surface area contributed by atoms with Crippen LogP contribution in [0.3, 0.4) is 0 Å². The van der Waals surface area contributed by atoms with Crippen molar-refractivity contribution in [2.45, 2.75) is 0 Å². The summed E-state index contributed by atoms with van der Waals surface area (Å²) in [6, 6.07) is 11.1. The number of rotatable bonds is 3. The Morgan fingerprint density at radius 1 is 0.964 bits per heavy atom. The Balaban J connectivity index is 1.84. The monoisotopic (exact) mass is 377 g/mol. The molecule has 28 heavy (non-hydrogen) atoms. The summed E-state index contributed by atoms with van der Waals surface area (Å²) in [6.07, 6.45) is 1.07. The zero-order valence-corrected chi connectivity index (χ0v) is 14.1. The van der Waals surface area contributed by atoms with Gasteiger partial charge in [0.1, 0.15) is 0 Å². The van der Waals surface area contributed by atoms with Crippen molar-refractivity contribution in [3.05, 3.63) is 75.3 Å². The van der Waals surface area contributed by atoms with Gasteiger partial charge in [-0.2, -0.15) is 10.1 Å². The summed E-state index contributed by atoms with van der Waals surface area (Å²) >= 11 is 0. The predicted octanol–water partition coefficient (Wildman–Crippen LogP) is 2.79. The first kappa shape index (κ1) is 17.2. The first-order valence-electron chi connectivity index (χ1n) is 8.04. The topological polar surface area (TPSA) is 133 Å². The number of amides is 2. The lowest BCUT2D eigenvalue weighted by molar-refractivity contribution is -0.383. The van der Waals surface area contributed by atoms with Crippen LogP contribution in [0.1, 0.15) is 26.3 Å². The second-order valence-corrected chi connectivity index (χ2v) is 6.00. The first-order valence-corrected chi connectivity index (χ1v) is 8.04. The maximum Gasteiger partial charge on any atom is 0.282 e. The zero-order chi connectivity index (χ0) is 20.0. The van der Waals surface area contributed by atoms with E-state index in [1.165, 1.54) is 48.5 Å². The van der Waals surface area contributed by atoms with Gasteiger partial charge in [-0.1, -0.05) is 12.1 Å². The normalized spacial score (nSPS) is 13.5. The fraction of sp³-hybridized carbons (Fsp3) is 0. The van der Waals surface area contributed by atoms with Gasteiger partial charge in [0.15, 0.2) is 11.5 Å². The standard InChI is InChI=1S/C19H11N3O6/c23-15-6-1-3-10(17(15)24)9-20-21-18(25)12-5-2-4-11-14(22(27)28)8-7-13(16(11)12)19(21)26/h1-9,23-24H/b20-9+. The van der Waals surface area contributed by atoms with Crippen LogP contribution in [0, 0.1) is 10.1 Å². The number of hydrazone groups is 1. The number of non-ortho nitro benzene ring substituents is 1. The molecule has 0 aromatic heterocycles. The number of nitro groups is 1. The zero-order valence-electron chi connectivity index (χ0n) is 14.1. The highest BCUT2D eigenvalue weighted by Crippen LogP contribution is 2.35. The van der Waals surface area contributed by atoms with Gasteiger partial charge in [-0.05, 0) is 30.3 Å². The number of carbonyl (C=O) groups excluding carboxylic acids is 2. The summed E-state index contributed by atoms with van der Waals surface area (Å²) in [5.74, 6) is -2.32. The molecule has 2 amide bonds. The quantitative estimate of drug-likeness (QED) is 0.237. The van der Waals surface area contributed by atoms with Crippen molar-refractivity contribution in [3.63, 3.8) is 0 Å². The smallest absolute Gasteiger partial charge is 0.282 e.